The van der Waals surface area contributed by atoms with Gasteiger partial charge in [-0.05, 0) is 26.9 Å². The van der Waals surface area contributed by atoms with E-state index in [1.807, 2.05) is 0 Å². The molecule has 2 atom stereocenters. The van der Waals surface area contributed by atoms with Crippen LogP contribution in [-0.2, 0) is 4.74 Å². The molecule has 15 heavy (non-hydrogen) atoms. The van der Waals surface area contributed by atoms with Crippen LogP contribution in [0.15, 0.2) is 0 Å². The van der Waals surface area contributed by atoms with Crippen molar-refractivity contribution >= 4 is 11.8 Å². The lowest BCUT2D eigenvalue weighted by atomic mass is 10.2. The Bertz CT molecular complexity index is 163. The zero-order valence-electron chi connectivity index (χ0n) is 10.2. The Balaban J connectivity index is 2.11. The second-order valence-electron chi connectivity index (χ2n) is 4.30. The zero-order valence-corrected chi connectivity index (χ0v) is 11.0. The van der Waals surface area contributed by atoms with E-state index in [4.69, 9.17) is 4.74 Å². The van der Waals surface area contributed by atoms with Gasteiger partial charge in [-0.25, -0.2) is 0 Å². The second-order valence-corrected chi connectivity index (χ2v) is 5.45. The first kappa shape index (κ1) is 13.3. The van der Waals surface area contributed by atoms with Crippen molar-refractivity contribution < 1.29 is 4.74 Å². The van der Waals surface area contributed by atoms with Crippen LogP contribution in [0.25, 0.3) is 0 Å². The van der Waals surface area contributed by atoms with E-state index in [-0.39, 0.29) is 0 Å². The molecular formula is C11H24N2OS. The molecule has 0 aromatic heterocycles. The number of thioether (sulfide) groups is 1. The van der Waals surface area contributed by atoms with Crippen LogP contribution >= 0.6 is 11.8 Å². The SMILES string of the molecule is COCC(C)N(C)CCC1CSCCN1. The maximum absolute atomic E-state index is 5.16. The Hall–Kier alpha value is 0.230. The molecule has 0 amide bonds. The van der Waals surface area contributed by atoms with Crippen molar-refractivity contribution in [1.29, 1.82) is 0 Å². The van der Waals surface area contributed by atoms with E-state index in [2.05, 4.69) is 35.9 Å². The highest BCUT2D eigenvalue weighted by Gasteiger charge is 2.15. The van der Waals surface area contributed by atoms with Crippen LogP contribution in [0, 0.1) is 0 Å². The molecule has 0 radical (unpaired) electrons. The molecule has 0 aromatic carbocycles. The first-order valence-electron chi connectivity index (χ1n) is 5.74. The highest BCUT2D eigenvalue weighted by Crippen LogP contribution is 2.11. The largest absolute Gasteiger partial charge is 0.383 e. The van der Waals surface area contributed by atoms with E-state index in [0.717, 1.165) is 13.2 Å². The lowest BCUT2D eigenvalue weighted by Gasteiger charge is -2.28. The van der Waals surface area contributed by atoms with Crippen LogP contribution in [-0.4, -0.2) is 62.3 Å². The Kier molecular flexibility index (Phi) is 6.64. The van der Waals surface area contributed by atoms with Gasteiger partial charge in [0.05, 0.1) is 6.61 Å². The Morgan fingerprint density at radius 3 is 3.00 bits per heavy atom. The molecule has 1 saturated heterocycles. The van der Waals surface area contributed by atoms with Crippen molar-refractivity contribution in [2.45, 2.75) is 25.4 Å². The Morgan fingerprint density at radius 1 is 1.60 bits per heavy atom. The maximum atomic E-state index is 5.16. The van der Waals surface area contributed by atoms with E-state index in [9.17, 15) is 0 Å². The molecule has 90 valence electrons. The van der Waals surface area contributed by atoms with Gasteiger partial charge in [0.15, 0.2) is 0 Å². The van der Waals surface area contributed by atoms with Crippen molar-refractivity contribution in [1.82, 2.24) is 10.2 Å². The predicted octanol–water partition coefficient (Wildman–Crippen LogP) is 1.05. The van der Waals surface area contributed by atoms with Gasteiger partial charge in [0.25, 0.3) is 0 Å². The summed E-state index contributed by atoms with van der Waals surface area (Å²) in [6, 6.07) is 1.23. The summed E-state index contributed by atoms with van der Waals surface area (Å²) in [5.74, 6) is 2.54. The zero-order chi connectivity index (χ0) is 11.1. The Morgan fingerprint density at radius 2 is 2.40 bits per heavy atom. The van der Waals surface area contributed by atoms with Crippen molar-refractivity contribution in [3.63, 3.8) is 0 Å². The van der Waals surface area contributed by atoms with Gasteiger partial charge in [-0.15, -0.1) is 0 Å². The average molecular weight is 232 g/mol. The molecule has 0 bridgehead atoms. The van der Waals surface area contributed by atoms with E-state index in [1.54, 1.807) is 7.11 Å². The number of rotatable bonds is 6. The van der Waals surface area contributed by atoms with Gasteiger partial charge in [0.2, 0.25) is 0 Å². The molecule has 1 N–H and O–H groups in total. The predicted molar refractivity (Wildman–Crippen MR) is 67.7 cm³/mol. The number of ether oxygens (including phenoxy) is 1. The number of hydrogen-bond acceptors (Lipinski definition) is 4. The number of likely N-dealkylation sites (N-methyl/N-ethyl adjacent to an activating group) is 1. The third-order valence-electron chi connectivity index (χ3n) is 2.99. The van der Waals surface area contributed by atoms with Gasteiger partial charge in [0.1, 0.15) is 0 Å². The van der Waals surface area contributed by atoms with Crippen molar-refractivity contribution in [2.24, 2.45) is 0 Å². The van der Waals surface area contributed by atoms with Crippen molar-refractivity contribution in [3.05, 3.63) is 0 Å². The van der Waals surface area contributed by atoms with Crippen LogP contribution in [0.2, 0.25) is 0 Å². The molecule has 3 nitrogen and oxygen atoms in total. The monoisotopic (exact) mass is 232 g/mol. The number of hydrogen-bond donors (Lipinski definition) is 1. The van der Waals surface area contributed by atoms with Gasteiger partial charge in [-0.2, -0.15) is 11.8 Å². The summed E-state index contributed by atoms with van der Waals surface area (Å²) in [6.45, 7) is 5.37. The average Bonchev–Trinajstić information content (AvgIpc) is 2.27. The van der Waals surface area contributed by atoms with E-state index in [0.29, 0.717) is 12.1 Å². The molecule has 2 unspecified atom stereocenters. The van der Waals surface area contributed by atoms with Crippen LogP contribution in [0.3, 0.4) is 0 Å². The smallest absolute Gasteiger partial charge is 0.0615 e. The third kappa shape index (κ3) is 5.20. The summed E-state index contributed by atoms with van der Waals surface area (Å²) in [6.07, 6.45) is 1.25. The summed E-state index contributed by atoms with van der Waals surface area (Å²) in [7, 11) is 3.95. The third-order valence-corrected chi connectivity index (χ3v) is 4.12. The van der Waals surface area contributed by atoms with E-state index in [1.165, 1.54) is 24.5 Å². The fourth-order valence-corrected chi connectivity index (χ4v) is 2.75. The lowest BCUT2D eigenvalue weighted by molar-refractivity contribution is 0.113. The molecule has 1 rings (SSSR count). The van der Waals surface area contributed by atoms with Gasteiger partial charge in [-0.3, -0.25) is 0 Å². The van der Waals surface area contributed by atoms with Crippen LogP contribution < -0.4 is 5.32 Å². The fraction of sp³-hybridized carbons (Fsp3) is 1.00. The highest BCUT2D eigenvalue weighted by molar-refractivity contribution is 7.99. The Labute approximate surface area is 97.9 Å². The lowest BCUT2D eigenvalue weighted by Crippen LogP contribution is -2.41. The summed E-state index contributed by atoms with van der Waals surface area (Å²) in [5, 5.41) is 3.57. The van der Waals surface area contributed by atoms with E-state index >= 15 is 0 Å². The summed E-state index contributed by atoms with van der Waals surface area (Å²) < 4.78 is 5.16. The summed E-state index contributed by atoms with van der Waals surface area (Å²) >= 11 is 2.07. The molecule has 1 aliphatic heterocycles. The highest BCUT2D eigenvalue weighted by atomic mass is 32.2. The van der Waals surface area contributed by atoms with Gasteiger partial charge in [-0.1, -0.05) is 0 Å². The number of nitrogens with one attached hydrogen (secondary N) is 1. The fourth-order valence-electron chi connectivity index (χ4n) is 1.75. The van der Waals surface area contributed by atoms with Crippen LogP contribution in [0.4, 0.5) is 0 Å². The molecule has 1 aliphatic rings. The minimum atomic E-state index is 0.520. The van der Waals surface area contributed by atoms with Crippen molar-refractivity contribution in [2.75, 3.05) is 45.4 Å². The van der Waals surface area contributed by atoms with Gasteiger partial charge >= 0.3 is 0 Å². The maximum Gasteiger partial charge on any atom is 0.0615 e. The molecule has 0 saturated carbocycles. The molecule has 0 aliphatic carbocycles. The molecule has 1 heterocycles. The number of nitrogens with zero attached hydrogens (tertiary/aromatic N) is 1. The standard InChI is InChI=1S/C11H24N2OS/c1-10(8-14-3)13(2)6-4-11-9-15-7-5-12-11/h10-12H,4-9H2,1-3H3. The molecular weight excluding hydrogens is 208 g/mol. The normalized spacial score (nSPS) is 24.4. The first-order valence-corrected chi connectivity index (χ1v) is 6.89. The molecule has 4 heteroatoms. The van der Waals surface area contributed by atoms with Crippen LogP contribution in [0.5, 0.6) is 0 Å². The summed E-state index contributed by atoms with van der Waals surface area (Å²) in [5.41, 5.74) is 0. The number of methoxy groups -OCH3 is 1. The minimum Gasteiger partial charge on any atom is -0.383 e. The topological polar surface area (TPSA) is 24.5 Å². The first-order chi connectivity index (χ1) is 7.24. The quantitative estimate of drug-likeness (QED) is 0.740. The molecule has 1 fully saturated rings. The van der Waals surface area contributed by atoms with Gasteiger partial charge in [0, 0.05) is 37.2 Å². The second kappa shape index (κ2) is 7.49. The van der Waals surface area contributed by atoms with E-state index < -0.39 is 0 Å². The molecule has 0 spiro atoms. The van der Waals surface area contributed by atoms with Crippen LogP contribution in [0.1, 0.15) is 13.3 Å². The van der Waals surface area contributed by atoms with Crippen molar-refractivity contribution in [3.8, 4) is 0 Å². The van der Waals surface area contributed by atoms with Gasteiger partial charge < -0.3 is 15.0 Å². The summed E-state index contributed by atoms with van der Waals surface area (Å²) in [4.78, 5) is 2.38. The minimum absolute atomic E-state index is 0.520. The molecule has 0 aromatic rings.